The summed E-state index contributed by atoms with van der Waals surface area (Å²) in [5, 5.41) is 3.01. The molecule has 4 rings (SSSR count). The average molecular weight is 342 g/mol. The minimum atomic E-state index is -0.0678. The van der Waals surface area contributed by atoms with Crippen LogP contribution in [0.5, 0.6) is 0 Å². The van der Waals surface area contributed by atoms with Gasteiger partial charge < -0.3 is 15.0 Å². The summed E-state index contributed by atoms with van der Waals surface area (Å²) >= 11 is 0. The second-order valence-corrected chi connectivity index (χ2v) is 7.47. The van der Waals surface area contributed by atoms with Gasteiger partial charge in [-0.05, 0) is 50.7 Å². The Morgan fingerprint density at radius 2 is 1.96 bits per heavy atom. The van der Waals surface area contributed by atoms with Crippen LogP contribution in [0.4, 0.5) is 0 Å². The van der Waals surface area contributed by atoms with Crippen molar-refractivity contribution in [1.82, 2.24) is 10.2 Å². The summed E-state index contributed by atoms with van der Waals surface area (Å²) < 4.78 is 5.87. The Morgan fingerprint density at radius 3 is 2.68 bits per heavy atom. The quantitative estimate of drug-likeness (QED) is 0.914. The maximum absolute atomic E-state index is 13.0. The van der Waals surface area contributed by atoms with Gasteiger partial charge in [0, 0.05) is 24.7 Å². The van der Waals surface area contributed by atoms with Crippen molar-refractivity contribution in [2.75, 3.05) is 13.1 Å². The maximum Gasteiger partial charge on any atom is 0.251 e. The fourth-order valence-electron chi connectivity index (χ4n) is 4.52. The van der Waals surface area contributed by atoms with Gasteiger partial charge in [-0.15, -0.1) is 0 Å². The van der Waals surface area contributed by atoms with E-state index < -0.39 is 0 Å². The number of hydrogen-bond acceptors (Lipinski definition) is 3. The van der Waals surface area contributed by atoms with Crippen LogP contribution in [-0.2, 0) is 9.53 Å². The number of ether oxygens (including phenoxy) is 1. The molecular formula is C20H26N2O3. The Bertz CT molecular complexity index is 633. The number of carbonyl (C=O) groups excluding carboxylic acids is 2. The van der Waals surface area contributed by atoms with Crippen LogP contribution in [0.15, 0.2) is 30.3 Å². The van der Waals surface area contributed by atoms with E-state index in [2.05, 4.69) is 5.32 Å². The third-order valence-corrected chi connectivity index (χ3v) is 5.87. The molecule has 0 unspecified atom stereocenters. The normalized spacial score (nSPS) is 31.1. The maximum atomic E-state index is 13.0. The Balaban J connectivity index is 1.37. The Labute approximate surface area is 148 Å². The summed E-state index contributed by atoms with van der Waals surface area (Å²) in [6, 6.07) is 9.35. The zero-order chi connectivity index (χ0) is 17.2. The zero-order valence-corrected chi connectivity index (χ0v) is 14.5. The van der Waals surface area contributed by atoms with Crippen LogP contribution < -0.4 is 5.32 Å². The lowest BCUT2D eigenvalue weighted by molar-refractivity contribution is -0.140. The van der Waals surface area contributed by atoms with Crippen LogP contribution in [0.1, 0.15) is 48.9 Å². The van der Waals surface area contributed by atoms with Crippen LogP contribution in [0.25, 0.3) is 0 Å². The molecule has 0 aliphatic carbocycles. The molecule has 3 heterocycles. The molecule has 5 nitrogen and oxygen atoms in total. The van der Waals surface area contributed by atoms with E-state index in [9.17, 15) is 9.59 Å². The molecule has 1 aromatic carbocycles. The number of carbonyl (C=O) groups is 2. The van der Waals surface area contributed by atoms with Gasteiger partial charge in [0.15, 0.2) is 0 Å². The molecular weight excluding hydrogens is 316 g/mol. The van der Waals surface area contributed by atoms with Gasteiger partial charge in [0.2, 0.25) is 5.91 Å². The number of hydrogen-bond donors (Lipinski definition) is 1. The van der Waals surface area contributed by atoms with Crippen LogP contribution in [0.2, 0.25) is 0 Å². The van der Waals surface area contributed by atoms with Crippen molar-refractivity contribution in [1.29, 1.82) is 0 Å². The number of piperidine rings is 1. The largest absolute Gasteiger partial charge is 0.374 e. The molecule has 5 heteroatoms. The first-order chi connectivity index (χ1) is 12.2. The van der Waals surface area contributed by atoms with Gasteiger partial charge in [-0.1, -0.05) is 18.2 Å². The molecule has 0 spiro atoms. The third-order valence-electron chi connectivity index (χ3n) is 5.87. The SMILES string of the molecule is O=C(NC[C@H]1CCCCN1C(=O)[C@@H]1C[C@H]2CC[C@H]1O2)c1ccccc1. The summed E-state index contributed by atoms with van der Waals surface area (Å²) in [5.74, 6) is 0.205. The van der Waals surface area contributed by atoms with Gasteiger partial charge in [-0.3, -0.25) is 9.59 Å². The number of rotatable bonds is 4. The van der Waals surface area contributed by atoms with Crippen LogP contribution in [0, 0.1) is 5.92 Å². The van der Waals surface area contributed by atoms with Crippen molar-refractivity contribution < 1.29 is 14.3 Å². The standard InChI is InChI=1S/C20H26N2O3/c23-19(14-6-2-1-3-7-14)21-13-15-8-4-5-11-22(15)20(24)17-12-16-9-10-18(17)25-16/h1-3,6-7,15-18H,4-5,8-13H2,(H,21,23)/t15-,16-,17-,18-/m1/s1. The smallest absolute Gasteiger partial charge is 0.251 e. The highest BCUT2D eigenvalue weighted by Crippen LogP contribution is 2.40. The van der Waals surface area contributed by atoms with Crippen LogP contribution in [-0.4, -0.2) is 48.1 Å². The lowest BCUT2D eigenvalue weighted by Gasteiger charge is -2.38. The summed E-state index contributed by atoms with van der Waals surface area (Å²) in [4.78, 5) is 27.4. The summed E-state index contributed by atoms with van der Waals surface area (Å²) in [6.45, 7) is 1.33. The van der Waals surface area contributed by atoms with Gasteiger partial charge in [0.1, 0.15) is 0 Å². The molecule has 1 N–H and O–H groups in total. The highest BCUT2D eigenvalue weighted by molar-refractivity contribution is 5.94. The fraction of sp³-hybridized carbons (Fsp3) is 0.600. The average Bonchev–Trinajstić information content (AvgIpc) is 3.30. The molecule has 1 aromatic rings. The van der Waals surface area contributed by atoms with Crippen LogP contribution in [0.3, 0.4) is 0 Å². The van der Waals surface area contributed by atoms with E-state index in [1.165, 1.54) is 0 Å². The highest BCUT2D eigenvalue weighted by Gasteiger charge is 2.46. The van der Waals surface area contributed by atoms with Crippen molar-refractivity contribution in [2.45, 2.75) is 56.8 Å². The lowest BCUT2D eigenvalue weighted by atomic mass is 9.87. The first-order valence-electron chi connectivity index (χ1n) is 9.51. The summed E-state index contributed by atoms with van der Waals surface area (Å²) in [7, 11) is 0. The minimum Gasteiger partial charge on any atom is -0.374 e. The lowest BCUT2D eigenvalue weighted by Crippen LogP contribution is -2.52. The van der Waals surface area contributed by atoms with Gasteiger partial charge in [-0.25, -0.2) is 0 Å². The number of fused-ring (bicyclic) bond motifs is 2. The third kappa shape index (κ3) is 3.43. The molecule has 3 aliphatic rings. The zero-order valence-electron chi connectivity index (χ0n) is 14.5. The molecule has 3 fully saturated rings. The molecule has 25 heavy (non-hydrogen) atoms. The van der Waals surface area contributed by atoms with E-state index in [0.29, 0.717) is 18.2 Å². The van der Waals surface area contributed by atoms with Gasteiger partial charge in [0.25, 0.3) is 5.91 Å². The van der Waals surface area contributed by atoms with E-state index in [-0.39, 0.29) is 29.9 Å². The predicted molar refractivity (Wildman–Crippen MR) is 94.1 cm³/mol. The first kappa shape index (κ1) is 16.6. The molecule has 4 atom stereocenters. The number of benzene rings is 1. The second-order valence-electron chi connectivity index (χ2n) is 7.47. The van der Waals surface area contributed by atoms with E-state index in [4.69, 9.17) is 4.74 Å². The van der Waals surface area contributed by atoms with Crippen molar-refractivity contribution in [3.05, 3.63) is 35.9 Å². The number of likely N-dealkylation sites (tertiary alicyclic amines) is 1. The highest BCUT2D eigenvalue weighted by atomic mass is 16.5. The molecule has 0 saturated carbocycles. The molecule has 3 aliphatic heterocycles. The van der Waals surface area contributed by atoms with Gasteiger partial charge in [-0.2, -0.15) is 0 Å². The number of amides is 2. The molecule has 0 radical (unpaired) electrons. The number of nitrogens with one attached hydrogen (secondary N) is 1. The van der Waals surface area contributed by atoms with Gasteiger partial charge in [0.05, 0.1) is 18.1 Å². The molecule has 2 bridgehead atoms. The second kappa shape index (κ2) is 7.16. The van der Waals surface area contributed by atoms with Crippen LogP contribution >= 0.6 is 0 Å². The Morgan fingerprint density at radius 1 is 1.12 bits per heavy atom. The summed E-state index contributed by atoms with van der Waals surface area (Å²) in [5.41, 5.74) is 0.665. The van der Waals surface area contributed by atoms with Crippen molar-refractivity contribution >= 4 is 11.8 Å². The monoisotopic (exact) mass is 342 g/mol. The molecule has 3 saturated heterocycles. The minimum absolute atomic E-state index is 0.0316. The first-order valence-corrected chi connectivity index (χ1v) is 9.51. The predicted octanol–water partition coefficient (Wildman–Crippen LogP) is 2.37. The van der Waals surface area contributed by atoms with Crippen molar-refractivity contribution in [3.8, 4) is 0 Å². The molecule has 2 amide bonds. The van der Waals surface area contributed by atoms with Crippen molar-refractivity contribution in [2.24, 2.45) is 5.92 Å². The van der Waals surface area contributed by atoms with E-state index in [1.54, 1.807) is 0 Å². The molecule has 134 valence electrons. The van der Waals surface area contributed by atoms with Gasteiger partial charge >= 0.3 is 0 Å². The molecule has 0 aromatic heterocycles. The summed E-state index contributed by atoms with van der Waals surface area (Å²) in [6.07, 6.45) is 6.54. The van der Waals surface area contributed by atoms with Crippen molar-refractivity contribution in [3.63, 3.8) is 0 Å². The fourth-order valence-corrected chi connectivity index (χ4v) is 4.52. The van der Waals surface area contributed by atoms with E-state index in [0.717, 1.165) is 45.1 Å². The van der Waals surface area contributed by atoms with E-state index >= 15 is 0 Å². The van der Waals surface area contributed by atoms with E-state index in [1.807, 2.05) is 35.2 Å². The Kier molecular flexibility index (Phi) is 4.75. The topological polar surface area (TPSA) is 58.6 Å². The Hall–Kier alpha value is -1.88. The number of nitrogens with zero attached hydrogens (tertiary/aromatic N) is 1.